The van der Waals surface area contributed by atoms with E-state index in [1.807, 2.05) is 19.0 Å². The Morgan fingerprint density at radius 1 is 1.05 bits per heavy atom. The number of carbonyl (C=O) groups is 3. The van der Waals surface area contributed by atoms with Crippen molar-refractivity contribution in [3.63, 3.8) is 0 Å². The number of hydrogen-bond acceptors (Lipinski definition) is 10. The number of nitro benzene ring substituents is 1. The third-order valence-corrected chi connectivity index (χ3v) is 6.32. The van der Waals surface area contributed by atoms with Crippen LogP contribution in [0.15, 0.2) is 64.8 Å². The van der Waals surface area contributed by atoms with Crippen LogP contribution in [0.3, 0.4) is 0 Å². The van der Waals surface area contributed by atoms with Gasteiger partial charge in [-0.15, -0.1) is 0 Å². The molecule has 2 N–H and O–H groups in total. The normalized spacial score (nSPS) is 16.8. The zero-order chi connectivity index (χ0) is 29.4. The molecule has 1 aliphatic heterocycles. The van der Waals surface area contributed by atoms with Gasteiger partial charge in [0.2, 0.25) is 0 Å². The summed E-state index contributed by atoms with van der Waals surface area (Å²) in [5.41, 5.74) is 0.590. The van der Waals surface area contributed by atoms with Crippen molar-refractivity contribution < 1.29 is 33.9 Å². The first kappa shape index (κ1) is 30.0. The minimum atomic E-state index is -1.16. The highest BCUT2D eigenvalue weighted by molar-refractivity contribution is 6.07. The van der Waals surface area contributed by atoms with Crippen LogP contribution in [0.1, 0.15) is 35.7 Å². The number of nitrogens with zero attached hydrogens (tertiary/aromatic N) is 3. The number of phenols is 1. The Balaban J connectivity index is 1.86. The summed E-state index contributed by atoms with van der Waals surface area (Å²) >= 11 is 0. The molecule has 0 spiro atoms. The van der Waals surface area contributed by atoms with Gasteiger partial charge in [-0.2, -0.15) is 0 Å². The Morgan fingerprint density at radius 2 is 1.73 bits per heavy atom. The Labute approximate surface area is 231 Å². The molecule has 0 radical (unpaired) electrons. The maximum absolute atomic E-state index is 13.4. The standard InChI is InChI=1S/C28H32N4O8/c1-17-23(27(35)39-15-13-29-26(34)20-10-6-8-12-22(20)33)25(19-9-5-7-11-21(19)32(37)38)24(18(2)30-17)28(36)40-16-14-31(3)4/h5-12,23,25,33H,13-16H2,1-4H3,(H,29,34)/t23?,25-/m0/s1. The van der Waals surface area contributed by atoms with Gasteiger partial charge in [0.15, 0.2) is 0 Å². The summed E-state index contributed by atoms with van der Waals surface area (Å²) in [6.45, 7) is 3.41. The third-order valence-electron chi connectivity index (χ3n) is 6.32. The molecule has 12 heteroatoms. The van der Waals surface area contributed by atoms with Crippen molar-refractivity contribution in [2.75, 3.05) is 40.4 Å². The molecule has 0 saturated carbocycles. The molecule has 1 unspecified atom stereocenters. The highest BCUT2D eigenvalue weighted by atomic mass is 16.6. The molecule has 2 aromatic rings. The highest BCUT2D eigenvalue weighted by Crippen LogP contribution is 2.43. The summed E-state index contributed by atoms with van der Waals surface area (Å²) in [5, 5.41) is 24.3. The molecule has 0 aliphatic carbocycles. The fourth-order valence-electron chi connectivity index (χ4n) is 4.43. The number of esters is 2. The van der Waals surface area contributed by atoms with Crippen LogP contribution in [-0.2, 0) is 19.1 Å². The monoisotopic (exact) mass is 552 g/mol. The number of hydrogen-bond donors (Lipinski definition) is 2. The molecule has 1 heterocycles. The number of para-hydroxylation sites is 2. The van der Waals surface area contributed by atoms with Crippen LogP contribution >= 0.6 is 0 Å². The Hall–Kier alpha value is -4.58. The first-order chi connectivity index (χ1) is 19.0. The molecule has 3 rings (SSSR count). The van der Waals surface area contributed by atoms with E-state index in [1.165, 1.54) is 30.3 Å². The van der Waals surface area contributed by atoms with E-state index in [9.17, 15) is 29.6 Å². The summed E-state index contributed by atoms with van der Waals surface area (Å²) in [6.07, 6.45) is 0. The molecule has 12 nitrogen and oxygen atoms in total. The van der Waals surface area contributed by atoms with E-state index >= 15 is 0 Å². The average molecular weight is 553 g/mol. The lowest BCUT2D eigenvalue weighted by molar-refractivity contribution is -0.385. The predicted molar refractivity (Wildman–Crippen MR) is 146 cm³/mol. The fourth-order valence-corrected chi connectivity index (χ4v) is 4.43. The summed E-state index contributed by atoms with van der Waals surface area (Å²) in [5.74, 6) is -4.49. The molecule has 1 amide bonds. The van der Waals surface area contributed by atoms with E-state index < -0.39 is 34.6 Å². The number of rotatable bonds is 11. The molecule has 2 atom stereocenters. The maximum atomic E-state index is 13.4. The van der Waals surface area contributed by atoms with Gasteiger partial charge in [0.25, 0.3) is 11.6 Å². The lowest BCUT2D eigenvalue weighted by Gasteiger charge is -2.31. The summed E-state index contributed by atoms with van der Waals surface area (Å²) in [7, 11) is 3.64. The topological polar surface area (TPSA) is 161 Å². The lowest BCUT2D eigenvalue weighted by atomic mass is 9.75. The second-order valence-corrected chi connectivity index (χ2v) is 9.40. The molecule has 0 aromatic heterocycles. The van der Waals surface area contributed by atoms with Crippen molar-refractivity contribution >= 4 is 29.2 Å². The molecular formula is C28H32N4O8. The van der Waals surface area contributed by atoms with Crippen molar-refractivity contribution in [2.45, 2.75) is 19.8 Å². The number of aromatic hydroxyl groups is 1. The second-order valence-electron chi connectivity index (χ2n) is 9.40. The largest absolute Gasteiger partial charge is 0.507 e. The number of benzene rings is 2. The van der Waals surface area contributed by atoms with Gasteiger partial charge in [-0.05, 0) is 40.1 Å². The minimum absolute atomic E-state index is 0.0356. The quantitative estimate of drug-likeness (QED) is 0.185. The van der Waals surface area contributed by atoms with E-state index in [1.54, 1.807) is 32.0 Å². The zero-order valence-corrected chi connectivity index (χ0v) is 22.7. The number of carbonyl (C=O) groups excluding carboxylic acids is 3. The Bertz CT molecular complexity index is 1350. The van der Waals surface area contributed by atoms with Crippen LogP contribution in [0, 0.1) is 16.0 Å². The van der Waals surface area contributed by atoms with E-state index in [0.29, 0.717) is 12.3 Å². The highest BCUT2D eigenvalue weighted by Gasteiger charge is 2.44. The number of nitro groups is 1. The van der Waals surface area contributed by atoms with Gasteiger partial charge in [-0.3, -0.25) is 24.7 Å². The molecule has 2 aromatic carbocycles. The summed E-state index contributed by atoms with van der Waals surface area (Å²) < 4.78 is 10.9. The van der Waals surface area contributed by atoms with Crippen LogP contribution in [-0.4, -0.2) is 78.9 Å². The van der Waals surface area contributed by atoms with Crippen LogP contribution in [0.25, 0.3) is 0 Å². The minimum Gasteiger partial charge on any atom is -0.507 e. The van der Waals surface area contributed by atoms with Gasteiger partial charge in [0, 0.05) is 35.5 Å². The number of allylic oxidation sites excluding steroid dienone is 1. The first-order valence-corrected chi connectivity index (χ1v) is 12.6. The van der Waals surface area contributed by atoms with Crippen LogP contribution in [0.2, 0.25) is 0 Å². The predicted octanol–water partition coefficient (Wildman–Crippen LogP) is 2.83. The number of nitrogens with one attached hydrogen (secondary N) is 1. The number of amides is 1. The van der Waals surface area contributed by atoms with E-state index in [4.69, 9.17) is 9.47 Å². The van der Waals surface area contributed by atoms with Crippen molar-refractivity contribution in [1.29, 1.82) is 0 Å². The van der Waals surface area contributed by atoms with Gasteiger partial charge in [0.1, 0.15) is 24.9 Å². The Morgan fingerprint density at radius 3 is 2.40 bits per heavy atom. The van der Waals surface area contributed by atoms with Crippen LogP contribution < -0.4 is 5.32 Å². The smallest absolute Gasteiger partial charge is 0.336 e. The van der Waals surface area contributed by atoms with Gasteiger partial charge in [-0.1, -0.05) is 30.3 Å². The molecule has 0 fully saturated rings. The van der Waals surface area contributed by atoms with Crippen molar-refractivity contribution in [1.82, 2.24) is 10.2 Å². The van der Waals surface area contributed by atoms with E-state index in [0.717, 1.165) is 0 Å². The zero-order valence-electron chi connectivity index (χ0n) is 22.7. The summed E-state index contributed by atoms with van der Waals surface area (Å²) in [6, 6.07) is 11.9. The fraction of sp³-hybridized carbons (Fsp3) is 0.357. The number of phenolic OH excluding ortho intramolecular Hbond substituents is 1. The molecule has 1 aliphatic rings. The van der Waals surface area contributed by atoms with Crippen molar-refractivity contribution in [2.24, 2.45) is 10.9 Å². The van der Waals surface area contributed by atoms with Crippen LogP contribution in [0.5, 0.6) is 5.75 Å². The average Bonchev–Trinajstić information content (AvgIpc) is 2.90. The van der Waals surface area contributed by atoms with Gasteiger partial charge in [0.05, 0.1) is 22.6 Å². The first-order valence-electron chi connectivity index (χ1n) is 12.6. The van der Waals surface area contributed by atoms with E-state index in [-0.39, 0.29) is 53.6 Å². The number of ether oxygens (including phenoxy) is 2. The van der Waals surface area contributed by atoms with Gasteiger partial charge in [-0.25, -0.2) is 4.79 Å². The second kappa shape index (κ2) is 13.5. The van der Waals surface area contributed by atoms with Crippen LogP contribution in [0.4, 0.5) is 5.69 Å². The van der Waals surface area contributed by atoms with E-state index in [2.05, 4.69) is 10.3 Å². The SMILES string of the molecule is CC1=NC(C)=C(C(=O)OCCN(C)C)[C@@H](c2ccccc2[N+](=O)[O-])C1C(=O)OCCNC(=O)c1ccccc1O. The maximum Gasteiger partial charge on any atom is 0.336 e. The molecule has 0 saturated heterocycles. The molecule has 0 bridgehead atoms. The number of likely N-dealkylation sites (N-methyl/N-ethyl adjacent to an activating group) is 1. The van der Waals surface area contributed by atoms with Crippen molar-refractivity contribution in [3.8, 4) is 5.75 Å². The Kier molecular flexibility index (Phi) is 10.1. The summed E-state index contributed by atoms with van der Waals surface area (Å²) in [4.78, 5) is 56.6. The molecule has 40 heavy (non-hydrogen) atoms. The molecular weight excluding hydrogens is 520 g/mol. The van der Waals surface area contributed by atoms with Gasteiger partial charge >= 0.3 is 11.9 Å². The van der Waals surface area contributed by atoms with Crippen molar-refractivity contribution in [3.05, 3.63) is 81.0 Å². The lowest BCUT2D eigenvalue weighted by Crippen LogP contribution is -2.38. The van der Waals surface area contributed by atoms with Gasteiger partial charge < -0.3 is 24.8 Å². The third kappa shape index (κ3) is 7.08. The molecule has 212 valence electrons. The number of aliphatic imine (C=N–C) groups is 1.